The Morgan fingerprint density at radius 3 is 1.75 bits per heavy atom. The molecule has 2 rings (SSSR count). The molecule has 4 heteroatoms. The quantitative estimate of drug-likeness (QED) is 0.694. The third-order valence-electron chi connectivity index (χ3n) is 4.23. The zero-order valence-electron chi connectivity index (χ0n) is 14.0. The first-order valence-electron chi connectivity index (χ1n) is 8.29. The molecular weight excluding hydrogens is 302 g/mol. The second kappa shape index (κ2) is 9.33. The number of benzene rings is 2. The van der Waals surface area contributed by atoms with E-state index >= 15 is 0 Å². The molecule has 0 aliphatic rings. The van der Waals surface area contributed by atoms with Crippen molar-refractivity contribution in [3.63, 3.8) is 0 Å². The maximum atomic E-state index is 10.9. The standard InChI is InChI=1S/C20H25NO3/c1-2-18(20(24)19(23)15-22)21(13-16-9-5-3-6-10-16)14-17-11-7-4-8-12-17/h3-12,15,18-20,23-24H,2,13-14H2,1H3/t18-,19+,20+/m1/s1. The van der Waals surface area contributed by atoms with Gasteiger partial charge in [0.15, 0.2) is 6.29 Å². The summed E-state index contributed by atoms with van der Waals surface area (Å²) in [5.41, 5.74) is 2.25. The number of nitrogens with zero attached hydrogens (tertiary/aromatic N) is 1. The number of hydrogen-bond donors (Lipinski definition) is 2. The minimum absolute atomic E-state index is 0.314. The normalized spacial score (nSPS) is 15.0. The lowest BCUT2D eigenvalue weighted by atomic mass is 10.00. The van der Waals surface area contributed by atoms with Gasteiger partial charge in [-0.25, -0.2) is 0 Å². The predicted octanol–water partition coefficient (Wildman–Crippen LogP) is 2.39. The number of carbonyl (C=O) groups is 1. The van der Waals surface area contributed by atoms with E-state index in [1.54, 1.807) is 0 Å². The molecule has 0 radical (unpaired) electrons. The summed E-state index contributed by atoms with van der Waals surface area (Å²) in [6, 6.07) is 19.7. The molecule has 0 unspecified atom stereocenters. The molecule has 0 saturated heterocycles. The van der Waals surface area contributed by atoms with E-state index in [1.165, 1.54) is 0 Å². The first-order valence-corrected chi connectivity index (χ1v) is 8.29. The zero-order chi connectivity index (χ0) is 17.4. The van der Waals surface area contributed by atoms with Crippen LogP contribution in [-0.2, 0) is 17.9 Å². The van der Waals surface area contributed by atoms with Crippen molar-refractivity contribution in [2.45, 2.75) is 44.7 Å². The highest BCUT2D eigenvalue weighted by Gasteiger charge is 2.29. The summed E-state index contributed by atoms with van der Waals surface area (Å²) < 4.78 is 0. The van der Waals surface area contributed by atoms with Crippen molar-refractivity contribution >= 4 is 6.29 Å². The van der Waals surface area contributed by atoms with Gasteiger partial charge in [-0.05, 0) is 17.5 Å². The van der Waals surface area contributed by atoms with E-state index in [0.717, 1.165) is 11.1 Å². The Morgan fingerprint density at radius 1 is 0.917 bits per heavy atom. The molecule has 0 saturated carbocycles. The summed E-state index contributed by atoms with van der Waals surface area (Å²) >= 11 is 0. The van der Waals surface area contributed by atoms with E-state index < -0.39 is 12.2 Å². The van der Waals surface area contributed by atoms with Gasteiger partial charge < -0.3 is 15.0 Å². The first kappa shape index (κ1) is 18.3. The van der Waals surface area contributed by atoms with Crippen LogP contribution in [0.15, 0.2) is 60.7 Å². The molecule has 0 spiro atoms. The monoisotopic (exact) mass is 327 g/mol. The number of aliphatic hydroxyl groups is 2. The van der Waals surface area contributed by atoms with Crippen LogP contribution in [0.4, 0.5) is 0 Å². The molecule has 0 amide bonds. The molecule has 2 N–H and O–H groups in total. The van der Waals surface area contributed by atoms with Gasteiger partial charge in [0.25, 0.3) is 0 Å². The SMILES string of the molecule is CC[C@H]([C@H](O)[C@@H](O)C=O)N(Cc1ccccc1)Cc1ccccc1. The molecule has 3 atom stereocenters. The van der Waals surface area contributed by atoms with Gasteiger partial charge in [-0.3, -0.25) is 4.90 Å². The zero-order valence-corrected chi connectivity index (χ0v) is 14.0. The second-order valence-corrected chi connectivity index (χ2v) is 5.97. The molecule has 128 valence electrons. The summed E-state index contributed by atoms with van der Waals surface area (Å²) in [5, 5.41) is 20.1. The van der Waals surface area contributed by atoms with E-state index in [9.17, 15) is 15.0 Å². The van der Waals surface area contributed by atoms with E-state index in [0.29, 0.717) is 25.8 Å². The fraction of sp³-hybridized carbons (Fsp3) is 0.350. The van der Waals surface area contributed by atoms with Crippen LogP contribution >= 0.6 is 0 Å². The van der Waals surface area contributed by atoms with Gasteiger partial charge in [0.1, 0.15) is 12.2 Å². The van der Waals surface area contributed by atoms with E-state index in [-0.39, 0.29) is 6.04 Å². The van der Waals surface area contributed by atoms with E-state index in [4.69, 9.17) is 0 Å². The average molecular weight is 327 g/mol. The fourth-order valence-corrected chi connectivity index (χ4v) is 2.95. The smallest absolute Gasteiger partial charge is 0.151 e. The Bertz CT molecular complexity index is 561. The highest BCUT2D eigenvalue weighted by molar-refractivity contribution is 5.56. The fourth-order valence-electron chi connectivity index (χ4n) is 2.95. The number of rotatable bonds is 9. The third-order valence-corrected chi connectivity index (χ3v) is 4.23. The Balaban J connectivity index is 2.24. The van der Waals surface area contributed by atoms with Crippen LogP contribution in [-0.4, -0.2) is 39.6 Å². The number of aldehydes is 1. The van der Waals surface area contributed by atoms with Gasteiger partial charge in [-0.2, -0.15) is 0 Å². The molecule has 4 nitrogen and oxygen atoms in total. The molecule has 2 aromatic carbocycles. The Hall–Kier alpha value is -2.01. The van der Waals surface area contributed by atoms with Crippen molar-refractivity contribution in [2.75, 3.05) is 0 Å². The second-order valence-electron chi connectivity index (χ2n) is 5.97. The van der Waals surface area contributed by atoms with Crippen molar-refractivity contribution < 1.29 is 15.0 Å². The number of aliphatic hydroxyl groups excluding tert-OH is 2. The molecule has 0 aromatic heterocycles. The molecule has 0 fully saturated rings. The highest BCUT2D eigenvalue weighted by Crippen LogP contribution is 2.19. The minimum Gasteiger partial charge on any atom is -0.388 e. The summed E-state index contributed by atoms with van der Waals surface area (Å²) in [6.45, 7) is 3.22. The first-order chi connectivity index (χ1) is 11.7. The molecule has 24 heavy (non-hydrogen) atoms. The van der Waals surface area contributed by atoms with Crippen LogP contribution in [0.1, 0.15) is 24.5 Å². The predicted molar refractivity (Wildman–Crippen MR) is 94.3 cm³/mol. The van der Waals surface area contributed by atoms with Crippen molar-refractivity contribution in [1.82, 2.24) is 4.90 Å². The van der Waals surface area contributed by atoms with Crippen LogP contribution in [0.2, 0.25) is 0 Å². The van der Waals surface area contributed by atoms with Crippen LogP contribution in [0.5, 0.6) is 0 Å². The van der Waals surface area contributed by atoms with Gasteiger partial charge >= 0.3 is 0 Å². The van der Waals surface area contributed by atoms with Crippen LogP contribution < -0.4 is 0 Å². The maximum absolute atomic E-state index is 10.9. The Labute approximate surface area is 143 Å². The number of carbonyl (C=O) groups excluding carboxylic acids is 1. The molecule has 2 aromatic rings. The van der Waals surface area contributed by atoms with Gasteiger partial charge in [0.2, 0.25) is 0 Å². The Kier molecular flexibility index (Phi) is 7.12. The maximum Gasteiger partial charge on any atom is 0.151 e. The van der Waals surface area contributed by atoms with Crippen molar-refractivity contribution in [1.29, 1.82) is 0 Å². The summed E-state index contributed by atoms with van der Waals surface area (Å²) in [4.78, 5) is 13.0. The highest BCUT2D eigenvalue weighted by atomic mass is 16.3. The average Bonchev–Trinajstić information content (AvgIpc) is 2.63. The van der Waals surface area contributed by atoms with E-state index in [1.807, 2.05) is 67.6 Å². The van der Waals surface area contributed by atoms with E-state index in [2.05, 4.69) is 4.90 Å². The van der Waals surface area contributed by atoms with Crippen LogP contribution in [0, 0.1) is 0 Å². The lowest BCUT2D eigenvalue weighted by molar-refractivity contribution is -0.124. The minimum atomic E-state index is -1.37. The summed E-state index contributed by atoms with van der Waals surface area (Å²) in [5.74, 6) is 0. The molecule has 0 bridgehead atoms. The largest absolute Gasteiger partial charge is 0.388 e. The van der Waals surface area contributed by atoms with Crippen LogP contribution in [0.25, 0.3) is 0 Å². The molecule has 0 heterocycles. The topological polar surface area (TPSA) is 60.8 Å². The number of hydrogen-bond acceptors (Lipinski definition) is 4. The van der Waals surface area contributed by atoms with Gasteiger partial charge in [0.05, 0.1) is 0 Å². The van der Waals surface area contributed by atoms with Crippen molar-refractivity contribution in [3.05, 3.63) is 71.8 Å². The van der Waals surface area contributed by atoms with Crippen molar-refractivity contribution in [3.8, 4) is 0 Å². The summed E-state index contributed by atoms with van der Waals surface area (Å²) in [6.07, 6.45) is -1.45. The summed E-state index contributed by atoms with van der Waals surface area (Å²) in [7, 11) is 0. The lowest BCUT2D eigenvalue weighted by Gasteiger charge is -2.35. The van der Waals surface area contributed by atoms with Gasteiger partial charge in [0, 0.05) is 19.1 Å². The lowest BCUT2D eigenvalue weighted by Crippen LogP contribution is -2.48. The van der Waals surface area contributed by atoms with Gasteiger partial charge in [-0.15, -0.1) is 0 Å². The third kappa shape index (κ3) is 4.99. The molecule has 0 aliphatic heterocycles. The molecular formula is C20H25NO3. The van der Waals surface area contributed by atoms with Crippen LogP contribution in [0.3, 0.4) is 0 Å². The van der Waals surface area contributed by atoms with Crippen molar-refractivity contribution in [2.24, 2.45) is 0 Å². The Morgan fingerprint density at radius 2 is 1.38 bits per heavy atom. The molecule has 0 aliphatic carbocycles. The van der Waals surface area contributed by atoms with Gasteiger partial charge in [-0.1, -0.05) is 67.6 Å².